The fraction of sp³-hybridized carbons (Fsp3) is 0.310. The van der Waals surface area contributed by atoms with E-state index in [4.69, 9.17) is 4.99 Å². The van der Waals surface area contributed by atoms with Gasteiger partial charge in [-0.1, -0.05) is 106 Å². The first-order valence-electron chi connectivity index (χ1n) is 11.8. The van der Waals surface area contributed by atoms with Gasteiger partial charge < -0.3 is 10.0 Å². The Labute approximate surface area is 208 Å². The van der Waals surface area contributed by atoms with Crippen molar-refractivity contribution in [2.24, 2.45) is 4.99 Å². The second-order valence-corrected chi connectivity index (χ2v) is 9.18. The Kier molecular flexibility index (Phi) is 11.4. The van der Waals surface area contributed by atoms with Crippen LogP contribution in [-0.2, 0) is 11.2 Å². The van der Waals surface area contributed by atoms with Crippen LogP contribution in [0.25, 0.3) is 16.8 Å². The van der Waals surface area contributed by atoms with Gasteiger partial charge >= 0.3 is 5.97 Å². The largest absolute Gasteiger partial charge is 0.480 e. The van der Waals surface area contributed by atoms with Crippen molar-refractivity contribution in [3.05, 3.63) is 84.4 Å². The maximum absolute atomic E-state index is 12.0. The van der Waals surface area contributed by atoms with Crippen molar-refractivity contribution < 1.29 is 9.90 Å². The molecule has 3 aromatic carbocycles. The molecular weight excluding hydrogens is 440 g/mol. The smallest absolute Gasteiger partial charge is 0.317 e. The number of amidine groups is 1. The Hall–Kier alpha value is -3.05. The molecule has 0 amide bonds. The molecule has 0 saturated carbocycles. The fourth-order valence-corrected chi connectivity index (χ4v) is 4.17. The average molecular weight is 477 g/mol. The number of unbranched alkanes of at least 4 members (excludes halogenated alkanes) is 1. The molecule has 0 radical (unpaired) electrons. The molecule has 3 aromatic rings. The number of hydrogen-bond donors (Lipinski definition) is 1. The van der Waals surface area contributed by atoms with E-state index in [0.717, 1.165) is 34.1 Å². The predicted molar refractivity (Wildman–Crippen MR) is 149 cm³/mol. The van der Waals surface area contributed by atoms with Gasteiger partial charge in [0.1, 0.15) is 5.25 Å². The lowest BCUT2D eigenvalue weighted by Gasteiger charge is -2.22. The molecule has 180 valence electrons. The van der Waals surface area contributed by atoms with E-state index in [2.05, 4.69) is 32.6 Å². The third-order valence-corrected chi connectivity index (χ3v) is 6.69. The van der Waals surface area contributed by atoms with Crippen molar-refractivity contribution in [3.63, 3.8) is 0 Å². The van der Waals surface area contributed by atoms with Crippen LogP contribution in [0.2, 0.25) is 0 Å². The highest BCUT2D eigenvalue weighted by atomic mass is 32.2. The highest BCUT2D eigenvalue weighted by Gasteiger charge is 2.23. The van der Waals surface area contributed by atoms with Crippen LogP contribution in [0.1, 0.15) is 44.7 Å². The lowest BCUT2D eigenvalue weighted by molar-refractivity contribution is -0.136. The normalized spacial score (nSPS) is 11.9. The molecule has 1 atom stereocenters. The zero-order chi connectivity index (χ0) is 24.9. The molecule has 0 saturated heterocycles. The second kappa shape index (κ2) is 14.3. The number of carbonyl (C=O) groups is 1. The molecule has 3 rings (SSSR count). The van der Waals surface area contributed by atoms with Crippen LogP contribution in [0, 0.1) is 0 Å². The van der Waals surface area contributed by atoms with Crippen LogP contribution in [-0.4, -0.2) is 40.0 Å². The second-order valence-electron chi connectivity index (χ2n) is 8.01. The Balaban J connectivity index is 0.000000945. The molecule has 0 bridgehead atoms. The highest BCUT2D eigenvalue weighted by Crippen LogP contribution is 2.30. The number of thioether (sulfide) groups is 1. The maximum atomic E-state index is 12.0. The summed E-state index contributed by atoms with van der Waals surface area (Å²) in [6, 6.07) is 21.9. The molecule has 0 aliphatic carbocycles. The van der Waals surface area contributed by atoms with E-state index in [1.807, 2.05) is 73.5 Å². The fourth-order valence-electron chi connectivity index (χ4n) is 3.08. The maximum Gasteiger partial charge on any atom is 0.317 e. The first kappa shape index (κ1) is 27.2. The van der Waals surface area contributed by atoms with Gasteiger partial charge in [-0.15, -0.1) is 0 Å². The molecular formula is C29H36N2O2S. The van der Waals surface area contributed by atoms with E-state index < -0.39 is 11.2 Å². The molecule has 0 spiro atoms. The SMILES string of the molecule is C=Cc1cc2ccccc2cc1N=C(SC(Cc1ccccc1)C(=O)O)N(C)CC.CCCC. The Bertz CT molecular complexity index is 1090. The summed E-state index contributed by atoms with van der Waals surface area (Å²) in [5.41, 5.74) is 2.70. The minimum absolute atomic E-state index is 0.434. The standard InChI is InChI=1S/C25H26N2O2S.C4H10/c1-4-19-16-20-13-9-10-14-21(20)17-22(19)26-25(27(3)5-2)30-23(24(28)29)15-18-11-7-6-8-12-18;1-3-4-2/h4,6-14,16-17,23H,1,5,15H2,2-3H3,(H,28,29);3-4H2,1-2H3. The molecule has 0 aliphatic heterocycles. The molecule has 0 aromatic heterocycles. The summed E-state index contributed by atoms with van der Waals surface area (Å²) in [7, 11) is 1.93. The van der Waals surface area contributed by atoms with Gasteiger partial charge in [-0.25, -0.2) is 4.99 Å². The number of benzene rings is 3. The highest BCUT2D eigenvalue weighted by molar-refractivity contribution is 8.14. The van der Waals surface area contributed by atoms with E-state index in [1.165, 1.54) is 24.6 Å². The molecule has 1 N–H and O–H groups in total. The van der Waals surface area contributed by atoms with Crippen LogP contribution < -0.4 is 0 Å². The van der Waals surface area contributed by atoms with E-state index in [1.54, 1.807) is 6.08 Å². The van der Waals surface area contributed by atoms with E-state index in [-0.39, 0.29) is 0 Å². The van der Waals surface area contributed by atoms with Crippen molar-refractivity contribution in [1.82, 2.24) is 4.90 Å². The quantitative estimate of drug-likeness (QED) is 0.268. The summed E-state index contributed by atoms with van der Waals surface area (Å²) in [5.74, 6) is -0.844. The Morgan fingerprint density at radius 3 is 2.15 bits per heavy atom. The molecule has 0 fully saturated rings. The third kappa shape index (κ3) is 8.07. The van der Waals surface area contributed by atoms with Crippen LogP contribution in [0.15, 0.2) is 78.3 Å². The number of carboxylic acids is 1. The van der Waals surface area contributed by atoms with Crippen LogP contribution in [0.5, 0.6) is 0 Å². The van der Waals surface area contributed by atoms with Crippen LogP contribution in [0.4, 0.5) is 5.69 Å². The Morgan fingerprint density at radius 2 is 1.62 bits per heavy atom. The van der Waals surface area contributed by atoms with Crippen LogP contribution >= 0.6 is 11.8 Å². The lowest BCUT2D eigenvalue weighted by atomic mass is 10.1. The number of nitrogens with zero attached hydrogens (tertiary/aromatic N) is 2. The Morgan fingerprint density at radius 1 is 1.03 bits per heavy atom. The van der Waals surface area contributed by atoms with Gasteiger partial charge in [0.2, 0.25) is 0 Å². The lowest BCUT2D eigenvalue weighted by Crippen LogP contribution is -2.29. The summed E-state index contributed by atoms with van der Waals surface area (Å²) in [4.78, 5) is 18.9. The molecule has 1 unspecified atom stereocenters. The van der Waals surface area contributed by atoms with E-state index >= 15 is 0 Å². The number of hydrogen-bond acceptors (Lipinski definition) is 3. The zero-order valence-corrected chi connectivity index (χ0v) is 21.5. The molecule has 34 heavy (non-hydrogen) atoms. The third-order valence-electron chi connectivity index (χ3n) is 5.42. The summed E-state index contributed by atoms with van der Waals surface area (Å²) < 4.78 is 0. The first-order valence-corrected chi connectivity index (χ1v) is 12.7. The van der Waals surface area contributed by atoms with Crippen molar-refractivity contribution >= 4 is 45.4 Å². The van der Waals surface area contributed by atoms with Gasteiger partial charge in [-0.3, -0.25) is 4.79 Å². The summed E-state index contributed by atoms with van der Waals surface area (Å²) in [6.07, 6.45) is 4.86. The molecule has 5 heteroatoms. The van der Waals surface area contributed by atoms with Gasteiger partial charge in [0.15, 0.2) is 5.17 Å². The minimum atomic E-state index is -0.844. The number of aliphatic imine (C=N–C) groups is 1. The van der Waals surface area contributed by atoms with Gasteiger partial charge in [-0.2, -0.15) is 0 Å². The minimum Gasteiger partial charge on any atom is -0.480 e. The van der Waals surface area contributed by atoms with Gasteiger partial charge in [0, 0.05) is 19.2 Å². The number of aliphatic carboxylic acids is 1. The summed E-state index contributed by atoms with van der Waals surface area (Å²) in [6.45, 7) is 11.0. The first-order chi connectivity index (χ1) is 16.4. The summed E-state index contributed by atoms with van der Waals surface area (Å²) >= 11 is 1.29. The molecule has 0 aliphatic rings. The summed E-state index contributed by atoms with van der Waals surface area (Å²) in [5, 5.41) is 12.1. The number of rotatable bonds is 8. The van der Waals surface area contributed by atoms with Gasteiger partial charge in [0.05, 0.1) is 5.69 Å². The van der Waals surface area contributed by atoms with E-state index in [9.17, 15) is 9.90 Å². The zero-order valence-electron chi connectivity index (χ0n) is 20.7. The van der Waals surface area contributed by atoms with Crippen molar-refractivity contribution in [2.45, 2.75) is 45.3 Å². The van der Waals surface area contributed by atoms with Crippen molar-refractivity contribution in [3.8, 4) is 0 Å². The predicted octanol–water partition coefficient (Wildman–Crippen LogP) is 7.66. The molecule has 0 heterocycles. The van der Waals surface area contributed by atoms with Crippen LogP contribution in [0.3, 0.4) is 0 Å². The van der Waals surface area contributed by atoms with E-state index in [0.29, 0.717) is 11.6 Å². The van der Waals surface area contributed by atoms with Gasteiger partial charge in [-0.05, 0) is 41.8 Å². The average Bonchev–Trinajstić information content (AvgIpc) is 2.87. The topological polar surface area (TPSA) is 52.9 Å². The van der Waals surface area contributed by atoms with Crippen molar-refractivity contribution in [1.29, 1.82) is 0 Å². The monoisotopic (exact) mass is 476 g/mol. The van der Waals surface area contributed by atoms with Crippen molar-refractivity contribution in [2.75, 3.05) is 13.6 Å². The molecule has 4 nitrogen and oxygen atoms in total. The number of fused-ring (bicyclic) bond motifs is 1. The number of carboxylic acid groups (broad SMARTS) is 1. The van der Waals surface area contributed by atoms with Gasteiger partial charge in [0.25, 0.3) is 0 Å².